The van der Waals surface area contributed by atoms with Gasteiger partial charge in [-0.25, -0.2) is 8.42 Å². The predicted molar refractivity (Wildman–Crippen MR) is 120 cm³/mol. The number of benzene rings is 2. The maximum absolute atomic E-state index is 13.4. The highest BCUT2D eigenvalue weighted by Gasteiger charge is 2.26. The monoisotopic (exact) mass is 449 g/mol. The molecule has 0 unspecified atom stereocenters. The molecule has 1 aromatic heterocycles. The van der Waals surface area contributed by atoms with E-state index in [0.717, 1.165) is 11.1 Å². The molecule has 0 radical (unpaired) electrons. The third-order valence-corrected chi connectivity index (χ3v) is 6.56. The van der Waals surface area contributed by atoms with Crippen LogP contribution in [-0.4, -0.2) is 25.7 Å². The summed E-state index contributed by atoms with van der Waals surface area (Å²) >= 11 is 0. The number of aryl methyl sites for hydroxylation is 1. The molecule has 1 amide bonds. The van der Waals surface area contributed by atoms with Gasteiger partial charge < -0.3 is 9.73 Å². The molecule has 164 valence electrons. The van der Waals surface area contributed by atoms with Crippen molar-refractivity contribution in [3.05, 3.63) is 95.0 Å². The van der Waals surface area contributed by atoms with E-state index in [1.165, 1.54) is 17.4 Å². The highest BCUT2D eigenvalue weighted by atomic mass is 32.2. The van der Waals surface area contributed by atoms with Crippen molar-refractivity contribution in [3.63, 3.8) is 0 Å². The van der Waals surface area contributed by atoms with E-state index in [9.17, 15) is 13.2 Å². The van der Waals surface area contributed by atoms with Gasteiger partial charge in [0.25, 0.3) is 5.91 Å². The zero-order chi connectivity index (χ0) is 23.1. The van der Waals surface area contributed by atoms with Gasteiger partial charge in [-0.15, -0.1) is 0 Å². The molecule has 7 nitrogen and oxygen atoms in total. The minimum atomic E-state index is -3.81. The number of likely N-dealkylation sites (N-methyl/N-ethyl adjacent to an activating group) is 1. The van der Waals surface area contributed by atoms with E-state index < -0.39 is 15.9 Å². The molecule has 2 aromatic carbocycles. The number of rotatable bonds is 8. The second-order valence-electron chi connectivity index (χ2n) is 7.12. The molecule has 0 spiro atoms. The minimum Gasteiger partial charge on any atom is -0.460 e. The van der Waals surface area contributed by atoms with Crippen LogP contribution in [0.5, 0.6) is 0 Å². The Morgan fingerprint density at radius 2 is 1.75 bits per heavy atom. The average molecular weight is 450 g/mol. The highest BCUT2D eigenvalue weighted by molar-refractivity contribution is 7.89. The minimum absolute atomic E-state index is 0.0131. The molecule has 1 heterocycles. The van der Waals surface area contributed by atoms with Gasteiger partial charge >= 0.3 is 0 Å². The smallest absolute Gasteiger partial charge is 0.261 e. The van der Waals surface area contributed by atoms with Crippen LogP contribution in [0.15, 0.2) is 81.6 Å². The summed E-state index contributed by atoms with van der Waals surface area (Å²) in [6.45, 7) is 2.04. The number of carbonyl (C=O) groups is 1. The molecular weight excluding hydrogens is 426 g/mol. The number of furan rings is 1. The molecule has 0 aliphatic rings. The van der Waals surface area contributed by atoms with Crippen LogP contribution in [-0.2, 0) is 27.9 Å². The molecule has 3 rings (SSSR count). The first kappa shape index (κ1) is 23.0. The lowest BCUT2D eigenvalue weighted by Crippen LogP contribution is -2.30. The fraction of sp³-hybridized carbons (Fsp3) is 0.167. The standard InChI is InChI=1S/C24H23N3O4S/c1-18-8-12-23(13-9-18)32(29,30)27(16-19-6-4-3-5-7-19)17-22-11-10-21(31-22)14-20(15-25)24(28)26-2/h3-14H,16-17H2,1-2H3,(H,26,28). The van der Waals surface area contributed by atoms with E-state index in [1.54, 1.807) is 36.4 Å². The van der Waals surface area contributed by atoms with Gasteiger partial charge in [0.2, 0.25) is 10.0 Å². The molecule has 8 heteroatoms. The molecule has 0 aliphatic carbocycles. The van der Waals surface area contributed by atoms with Crippen molar-refractivity contribution in [1.29, 1.82) is 5.26 Å². The van der Waals surface area contributed by atoms with Gasteiger partial charge in [-0.3, -0.25) is 4.79 Å². The summed E-state index contributed by atoms with van der Waals surface area (Å²) in [5.41, 5.74) is 1.69. The van der Waals surface area contributed by atoms with Crippen LogP contribution in [0, 0.1) is 18.3 Å². The summed E-state index contributed by atoms with van der Waals surface area (Å²) in [4.78, 5) is 11.9. The third kappa shape index (κ3) is 5.52. The molecule has 32 heavy (non-hydrogen) atoms. The Labute approximate surface area is 187 Å². The number of nitrogens with zero attached hydrogens (tertiary/aromatic N) is 2. The zero-order valence-corrected chi connectivity index (χ0v) is 18.6. The summed E-state index contributed by atoms with van der Waals surface area (Å²) in [6, 6.07) is 21.0. The van der Waals surface area contributed by atoms with Crippen LogP contribution < -0.4 is 5.32 Å². The van der Waals surface area contributed by atoms with Gasteiger partial charge in [0, 0.05) is 19.7 Å². The van der Waals surface area contributed by atoms with Crippen LogP contribution in [0.3, 0.4) is 0 Å². The van der Waals surface area contributed by atoms with Gasteiger partial charge in [0.1, 0.15) is 23.2 Å². The normalized spacial score (nSPS) is 11.9. The van der Waals surface area contributed by atoms with E-state index in [0.29, 0.717) is 5.76 Å². The van der Waals surface area contributed by atoms with Crippen LogP contribution in [0.4, 0.5) is 0 Å². The maximum atomic E-state index is 13.4. The van der Waals surface area contributed by atoms with E-state index in [4.69, 9.17) is 9.68 Å². The predicted octanol–water partition coefficient (Wildman–Crippen LogP) is 3.63. The molecule has 3 aromatic rings. The lowest BCUT2D eigenvalue weighted by atomic mass is 10.2. The zero-order valence-electron chi connectivity index (χ0n) is 17.8. The van der Waals surface area contributed by atoms with Crippen LogP contribution >= 0.6 is 0 Å². The van der Waals surface area contributed by atoms with Crippen molar-refractivity contribution < 1.29 is 17.6 Å². The average Bonchev–Trinajstić information content (AvgIpc) is 3.24. The second kappa shape index (κ2) is 10.1. The molecular formula is C24H23N3O4S. The van der Waals surface area contributed by atoms with Gasteiger partial charge in [0.15, 0.2) is 0 Å². The second-order valence-corrected chi connectivity index (χ2v) is 9.06. The Balaban J connectivity index is 1.92. The van der Waals surface area contributed by atoms with Gasteiger partial charge in [-0.1, -0.05) is 48.0 Å². The van der Waals surface area contributed by atoms with Crippen molar-refractivity contribution in [2.24, 2.45) is 0 Å². The first-order valence-electron chi connectivity index (χ1n) is 9.87. The molecule has 0 atom stereocenters. The molecule has 0 saturated heterocycles. The van der Waals surface area contributed by atoms with Crippen molar-refractivity contribution in [3.8, 4) is 6.07 Å². The van der Waals surface area contributed by atoms with E-state index in [2.05, 4.69) is 5.32 Å². The Hall–Kier alpha value is -3.67. The quantitative estimate of drug-likeness (QED) is 0.418. The topological polar surface area (TPSA) is 103 Å². The highest BCUT2D eigenvalue weighted by Crippen LogP contribution is 2.23. The number of carbonyl (C=O) groups excluding carboxylic acids is 1. The Morgan fingerprint density at radius 1 is 1.06 bits per heavy atom. The lowest BCUT2D eigenvalue weighted by molar-refractivity contribution is -0.116. The SMILES string of the molecule is CNC(=O)C(C#N)=Cc1ccc(CN(Cc2ccccc2)S(=O)(=O)c2ccc(C)cc2)o1. The van der Waals surface area contributed by atoms with Crippen LogP contribution in [0.25, 0.3) is 6.08 Å². The number of nitriles is 1. The molecule has 0 bridgehead atoms. The molecule has 0 saturated carbocycles. The number of amides is 1. The number of sulfonamides is 1. The van der Waals surface area contributed by atoms with Crippen LogP contribution in [0.2, 0.25) is 0 Å². The molecule has 1 N–H and O–H groups in total. The lowest BCUT2D eigenvalue weighted by Gasteiger charge is -2.21. The van der Waals surface area contributed by atoms with Crippen LogP contribution in [0.1, 0.15) is 22.6 Å². The summed E-state index contributed by atoms with van der Waals surface area (Å²) in [5, 5.41) is 11.5. The van der Waals surface area contributed by atoms with E-state index in [-0.39, 0.29) is 29.3 Å². The summed E-state index contributed by atoms with van der Waals surface area (Å²) < 4.78 is 33.8. The summed E-state index contributed by atoms with van der Waals surface area (Å²) in [5.74, 6) is 0.141. The summed E-state index contributed by atoms with van der Waals surface area (Å²) in [7, 11) is -2.38. The van der Waals surface area contributed by atoms with E-state index in [1.807, 2.05) is 43.3 Å². The molecule has 0 fully saturated rings. The largest absolute Gasteiger partial charge is 0.460 e. The van der Waals surface area contributed by atoms with E-state index >= 15 is 0 Å². The Kier molecular flexibility index (Phi) is 7.25. The Morgan fingerprint density at radius 3 is 2.38 bits per heavy atom. The van der Waals surface area contributed by atoms with Gasteiger partial charge in [-0.2, -0.15) is 9.57 Å². The summed E-state index contributed by atoms with van der Waals surface area (Å²) in [6.07, 6.45) is 1.32. The van der Waals surface area contributed by atoms with Crippen molar-refractivity contribution in [2.75, 3.05) is 7.05 Å². The fourth-order valence-electron chi connectivity index (χ4n) is 3.03. The van der Waals surface area contributed by atoms with Crippen molar-refractivity contribution in [2.45, 2.75) is 24.9 Å². The van der Waals surface area contributed by atoms with Gasteiger partial charge in [-0.05, 0) is 36.8 Å². The van der Waals surface area contributed by atoms with Crippen molar-refractivity contribution >= 4 is 22.0 Å². The van der Waals surface area contributed by atoms with Gasteiger partial charge in [0.05, 0.1) is 11.4 Å². The number of hydrogen-bond acceptors (Lipinski definition) is 5. The Bertz CT molecular complexity index is 1250. The number of hydrogen-bond donors (Lipinski definition) is 1. The molecule has 0 aliphatic heterocycles. The maximum Gasteiger partial charge on any atom is 0.261 e. The first-order valence-corrected chi connectivity index (χ1v) is 11.3. The fourth-order valence-corrected chi connectivity index (χ4v) is 4.42. The first-order chi connectivity index (χ1) is 15.3. The van der Waals surface area contributed by atoms with Crippen molar-refractivity contribution in [1.82, 2.24) is 9.62 Å². The number of nitrogens with one attached hydrogen (secondary N) is 1. The third-order valence-electron chi connectivity index (χ3n) is 4.75.